The zero-order chi connectivity index (χ0) is 15.3. The van der Waals surface area contributed by atoms with Crippen LogP contribution in [0.2, 0.25) is 0 Å². The van der Waals surface area contributed by atoms with Gasteiger partial charge in [0.1, 0.15) is 5.75 Å². The fourth-order valence-electron chi connectivity index (χ4n) is 1.45. The van der Waals surface area contributed by atoms with Gasteiger partial charge >= 0.3 is 12.3 Å². The number of carbonyl (C=O) groups excluding carboxylic acids is 1. The van der Waals surface area contributed by atoms with Crippen LogP contribution in [0.25, 0.3) is 0 Å². The van der Waals surface area contributed by atoms with Crippen LogP contribution in [0.3, 0.4) is 0 Å². The van der Waals surface area contributed by atoms with Crippen LogP contribution < -0.4 is 4.74 Å². The molecule has 20 heavy (non-hydrogen) atoms. The second-order valence-electron chi connectivity index (χ2n) is 3.51. The predicted octanol–water partition coefficient (Wildman–Crippen LogP) is 3.53. The highest BCUT2D eigenvalue weighted by atomic mass is 79.9. The van der Waals surface area contributed by atoms with Gasteiger partial charge in [0.25, 0.3) is 0 Å². The van der Waals surface area contributed by atoms with Crippen molar-refractivity contribution in [1.82, 2.24) is 0 Å². The summed E-state index contributed by atoms with van der Waals surface area (Å²) in [5.74, 6) is -1.41. The van der Waals surface area contributed by atoms with Gasteiger partial charge in [0.2, 0.25) is 0 Å². The number of nitriles is 1. The molecule has 0 bridgehead atoms. The first kappa shape index (κ1) is 16.3. The van der Waals surface area contributed by atoms with Crippen molar-refractivity contribution in [2.24, 2.45) is 0 Å². The van der Waals surface area contributed by atoms with Crippen LogP contribution >= 0.6 is 15.9 Å². The van der Waals surface area contributed by atoms with Gasteiger partial charge in [-0.3, -0.25) is 0 Å². The van der Waals surface area contributed by atoms with Crippen molar-refractivity contribution < 1.29 is 27.4 Å². The molecular formula is C12H9BrF3NO3. The molecule has 8 heteroatoms. The van der Waals surface area contributed by atoms with E-state index in [1.165, 1.54) is 0 Å². The molecule has 0 heterocycles. The smallest absolute Gasteiger partial charge is 0.462 e. The normalized spacial score (nSPS) is 10.8. The van der Waals surface area contributed by atoms with E-state index in [-0.39, 0.29) is 28.6 Å². The number of esters is 1. The Morgan fingerprint density at radius 2 is 2.10 bits per heavy atom. The molecule has 4 nitrogen and oxygen atoms in total. The van der Waals surface area contributed by atoms with Crippen LogP contribution in [-0.2, 0) is 10.1 Å². The van der Waals surface area contributed by atoms with E-state index >= 15 is 0 Å². The minimum atomic E-state index is -4.92. The standard InChI is InChI=1S/C12H9BrF3NO3/c1-2-19-11(18)8-3-7(6-17)4-10(9(8)5-13)20-12(14,15)16/h3-4H,2,5H2,1H3. The molecule has 1 rings (SSSR count). The van der Waals surface area contributed by atoms with Gasteiger partial charge in [-0.1, -0.05) is 15.9 Å². The van der Waals surface area contributed by atoms with E-state index < -0.39 is 18.1 Å². The maximum Gasteiger partial charge on any atom is 0.573 e. The summed E-state index contributed by atoms with van der Waals surface area (Å²) in [6.07, 6.45) is -4.92. The second-order valence-corrected chi connectivity index (χ2v) is 4.07. The summed E-state index contributed by atoms with van der Waals surface area (Å²) >= 11 is 2.99. The first-order valence-corrected chi connectivity index (χ1v) is 6.50. The lowest BCUT2D eigenvalue weighted by Gasteiger charge is -2.15. The molecule has 0 aromatic heterocycles. The Balaban J connectivity index is 3.39. The molecule has 0 aliphatic heterocycles. The molecule has 0 unspecified atom stereocenters. The molecule has 0 saturated heterocycles. The summed E-state index contributed by atoms with van der Waals surface area (Å²) in [7, 11) is 0. The van der Waals surface area contributed by atoms with E-state index in [1.807, 2.05) is 0 Å². The Labute approximate surface area is 121 Å². The van der Waals surface area contributed by atoms with Gasteiger partial charge in [0, 0.05) is 10.9 Å². The van der Waals surface area contributed by atoms with Crippen LogP contribution in [0, 0.1) is 11.3 Å². The van der Waals surface area contributed by atoms with E-state index in [9.17, 15) is 18.0 Å². The van der Waals surface area contributed by atoms with Gasteiger partial charge in [-0.15, -0.1) is 13.2 Å². The molecule has 0 amide bonds. The molecule has 1 aromatic rings. The summed E-state index contributed by atoms with van der Waals surface area (Å²) in [4.78, 5) is 11.7. The van der Waals surface area contributed by atoms with E-state index in [1.54, 1.807) is 13.0 Å². The van der Waals surface area contributed by atoms with Crippen LogP contribution in [0.15, 0.2) is 12.1 Å². The van der Waals surface area contributed by atoms with Crippen molar-refractivity contribution in [1.29, 1.82) is 5.26 Å². The largest absolute Gasteiger partial charge is 0.573 e. The molecule has 0 saturated carbocycles. The number of alkyl halides is 4. The summed E-state index contributed by atoms with van der Waals surface area (Å²) in [5.41, 5.74) is -0.293. The Bertz CT molecular complexity index is 552. The highest BCUT2D eigenvalue weighted by Crippen LogP contribution is 2.32. The molecule has 0 radical (unpaired) electrons. The Morgan fingerprint density at radius 1 is 1.45 bits per heavy atom. The van der Waals surface area contributed by atoms with Gasteiger partial charge in [-0.25, -0.2) is 4.79 Å². The number of hydrogen-bond acceptors (Lipinski definition) is 4. The molecule has 0 N–H and O–H groups in total. The second kappa shape index (κ2) is 6.61. The van der Waals surface area contributed by atoms with Crippen molar-refractivity contribution in [3.05, 3.63) is 28.8 Å². The number of ether oxygens (including phenoxy) is 2. The molecular weight excluding hydrogens is 343 g/mol. The Kier molecular flexibility index (Phi) is 5.39. The van der Waals surface area contributed by atoms with Crippen molar-refractivity contribution in [2.75, 3.05) is 6.61 Å². The Hall–Kier alpha value is -1.75. The van der Waals surface area contributed by atoms with E-state index in [0.717, 1.165) is 12.1 Å². The van der Waals surface area contributed by atoms with Crippen LogP contribution in [0.5, 0.6) is 5.75 Å². The minimum Gasteiger partial charge on any atom is -0.462 e. The van der Waals surface area contributed by atoms with Crippen LogP contribution in [-0.4, -0.2) is 18.9 Å². The third-order valence-corrected chi connectivity index (χ3v) is 2.75. The van der Waals surface area contributed by atoms with Gasteiger partial charge in [-0.05, 0) is 19.1 Å². The van der Waals surface area contributed by atoms with Crippen LogP contribution in [0.1, 0.15) is 28.4 Å². The fraction of sp³-hybridized carbons (Fsp3) is 0.333. The lowest BCUT2D eigenvalue weighted by molar-refractivity contribution is -0.274. The average molecular weight is 352 g/mol. The Morgan fingerprint density at radius 3 is 2.55 bits per heavy atom. The average Bonchev–Trinajstić information content (AvgIpc) is 2.36. The maximum absolute atomic E-state index is 12.3. The quantitative estimate of drug-likeness (QED) is 0.615. The van der Waals surface area contributed by atoms with Crippen molar-refractivity contribution in [3.8, 4) is 11.8 Å². The molecule has 0 fully saturated rings. The maximum atomic E-state index is 12.3. The summed E-state index contributed by atoms with van der Waals surface area (Å²) < 4.78 is 45.6. The number of carbonyl (C=O) groups is 1. The zero-order valence-corrected chi connectivity index (χ0v) is 11.8. The zero-order valence-electron chi connectivity index (χ0n) is 10.3. The van der Waals surface area contributed by atoms with Gasteiger partial charge in [-0.2, -0.15) is 5.26 Å². The first-order valence-electron chi connectivity index (χ1n) is 5.38. The molecule has 0 aliphatic carbocycles. The summed E-state index contributed by atoms with van der Waals surface area (Å²) in [6.45, 7) is 1.62. The summed E-state index contributed by atoms with van der Waals surface area (Å²) in [6, 6.07) is 3.76. The van der Waals surface area contributed by atoms with Gasteiger partial charge in [0.15, 0.2) is 0 Å². The minimum absolute atomic E-state index is 0.0280. The van der Waals surface area contributed by atoms with Gasteiger partial charge < -0.3 is 9.47 Å². The molecule has 0 atom stereocenters. The molecule has 1 aromatic carbocycles. The van der Waals surface area contributed by atoms with Crippen LogP contribution in [0.4, 0.5) is 13.2 Å². The van der Waals surface area contributed by atoms with Crippen molar-refractivity contribution in [2.45, 2.75) is 18.6 Å². The lowest BCUT2D eigenvalue weighted by Crippen LogP contribution is -2.19. The lowest BCUT2D eigenvalue weighted by atomic mass is 10.0. The number of halogens is 4. The third-order valence-electron chi connectivity index (χ3n) is 2.19. The highest BCUT2D eigenvalue weighted by Gasteiger charge is 2.33. The topological polar surface area (TPSA) is 59.3 Å². The fourth-order valence-corrected chi connectivity index (χ4v) is 2.03. The third kappa shape index (κ3) is 4.13. The summed E-state index contributed by atoms with van der Waals surface area (Å²) in [5, 5.41) is 8.75. The van der Waals surface area contributed by atoms with Crippen molar-refractivity contribution >= 4 is 21.9 Å². The number of nitrogens with zero attached hydrogens (tertiary/aromatic N) is 1. The first-order chi connectivity index (χ1) is 9.32. The van der Waals surface area contributed by atoms with E-state index in [4.69, 9.17) is 10.00 Å². The number of hydrogen-bond donors (Lipinski definition) is 0. The van der Waals surface area contributed by atoms with E-state index in [0.29, 0.717) is 0 Å². The number of rotatable bonds is 4. The number of benzene rings is 1. The predicted molar refractivity (Wildman–Crippen MR) is 66.4 cm³/mol. The SMILES string of the molecule is CCOC(=O)c1cc(C#N)cc(OC(F)(F)F)c1CBr. The molecule has 0 spiro atoms. The molecule has 108 valence electrons. The van der Waals surface area contributed by atoms with E-state index in [2.05, 4.69) is 20.7 Å². The van der Waals surface area contributed by atoms with Gasteiger partial charge in [0.05, 0.1) is 23.8 Å². The monoisotopic (exact) mass is 351 g/mol. The molecule has 0 aliphatic rings. The highest BCUT2D eigenvalue weighted by molar-refractivity contribution is 9.08. The van der Waals surface area contributed by atoms with Crippen molar-refractivity contribution in [3.63, 3.8) is 0 Å².